The second-order valence-electron chi connectivity index (χ2n) is 12.1. The number of ether oxygens (including phenoxy) is 4. The molecule has 0 bridgehead atoms. The summed E-state index contributed by atoms with van der Waals surface area (Å²) in [5.74, 6) is -3.14. The Kier molecular flexibility index (Phi) is 9.68. The van der Waals surface area contributed by atoms with Crippen LogP contribution in [0, 0.1) is 29.1 Å². The van der Waals surface area contributed by atoms with Gasteiger partial charge in [-0.15, -0.1) is 0 Å². The molecule has 0 radical (unpaired) electrons. The van der Waals surface area contributed by atoms with Crippen LogP contribution < -0.4 is 11.4 Å². The van der Waals surface area contributed by atoms with Crippen molar-refractivity contribution in [2.45, 2.75) is 108 Å². The average molecular weight is 597 g/mol. The summed E-state index contributed by atoms with van der Waals surface area (Å²) in [6.45, 7) is -0.472. The lowest BCUT2D eigenvalue weighted by Gasteiger charge is -2.31. The first-order valence-corrected chi connectivity index (χ1v) is 15.6. The predicted octanol–water partition coefficient (Wildman–Crippen LogP) is 3.98. The summed E-state index contributed by atoms with van der Waals surface area (Å²) >= 11 is 0. The van der Waals surface area contributed by atoms with Crippen molar-refractivity contribution in [2.24, 2.45) is 17.8 Å². The van der Waals surface area contributed by atoms with Gasteiger partial charge in [0.25, 0.3) is 0 Å². The SMILES string of the molecule is N#C[C@@]1(n2ccc(N)nc2=O)OC(COC(=O)C2CCCCC2)=C(OC(=O)C2CCCCC2)C1OC(=O)C1CCCCC1. The third kappa shape index (κ3) is 6.71. The van der Waals surface area contributed by atoms with Crippen LogP contribution in [0.5, 0.6) is 0 Å². The smallest absolute Gasteiger partial charge is 0.353 e. The zero-order valence-electron chi connectivity index (χ0n) is 24.5. The van der Waals surface area contributed by atoms with Gasteiger partial charge in [0.05, 0.1) is 17.8 Å². The van der Waals surface area contributed by atoms with Crippen molar-refractivity contribution in [1.29, 1.82) is 5.26 Å². The van der Waals surface area contributed by atoms with Gasteiger partial charge in [-0.1, -0.05) is 57.8 Å². The van der Waals surface area contributed by atoms with Crippen molar-refractivity contribution in [3.63, 3.8) is 0 Å². The molecule has 4 aliphatic rings. The zero-order valence-corrected chi connectivity index (χ0v) is 24.5. The highest BCUT2D eigenvalue weighted by molar-refractivity contribution is 5.75. The van der Waals surface area contributed by atoms with Gasteiger partial charge in [-0.3, -0.25) is 14.4 Å². The Balaban J connectivity index is 1.52. The van der Waals surface area contributed by atoms with E-state index in [-0.39, 0.29) is 29.2 Å². The van der Waals surface area contributed by atoms with Crippen molar-refractivity contribution >= 4 is 23.7 Å². The lowest BCUT2D eigenvalue weighted by Crippen LogP contribution is -2.51. The topological polar surface area (TPSA) is 173 Å². The lowest BCUT2D eigenvalue weighted by molar-refractivity contribution is -0.172. The van der Waals surface area contributed by atoms with Crippen molar-refractivity contribution in [2.75, 3.05) is 12.3 Å². The molecule has 2 heterocycles. The van der Waals surface area contributed by atoms with E-state index in [1.807, 2.05) is 6.07 Å². The molecule has 1 aromatic rings. The van der Waals surface area contributed by atoms with Crippen LogP contribution >= 0.6 is 0 Å². The number of nitrogens with two attached hydrogens (primary N) is 1. The number of hydrogen-bond acceptors (Lipinski definition) is 11. The Hall–Kier alpha value is -3.88. The highest BCUT2D eigenvalue weighted by atomic mass is 16.6. The maximum absolute atomic E-state index is 13.5. The first-order chi connectivity index (χ1) is 20.8. The first kappa shape index (κ1) is 30.6. The number of rotatable bonds is 8. The van der Waals surface area contributed by atoms with Crippen molar-refractivity contribution in [3.05, 3.63) is 34.3 Å². The van der Waals surface area contributed by atoms with Gasteiger partial charge in [0, 0.05) is 6.20 Å². The third-order valence-corrected chi connectivity index (χ3v) is 9.10. The van der Waals surface area contributed by atoms with E-state index in [4.69, 9.17) is 24.7 Å². The molecule has 232 valence electrons. The molecular formula is C31H40N4O8. The minimum Gasteiger partial charge on any atom is -0.457 e. The van der Waals surface area contributed by atoms with Crippen molar-refractivity contribution in [3.8, 4) is 6.07 Å². The molecule has 3 aliphatic carbocycles. The first-order valence-electron chi connectivity index (χ1n) is 15.6. The number of nitrogen functional groups attached to an aromatic ring is 1. The molecule has 1 unspecified atom stereocenters. The Labute approximate surface area is 250 Å². The molecule has 12 nitrogen and oxygen atoms in total. The Morgan fingerprint density at radius 2 is 1.44 bits per heavy atom. The van der Waals surface area contributed by atoms with E-state index in [2.05, 4.69) is 4.98 Å². The maximum atomic E-state index is 13.5. The summed E-state index contributed by atoms with van der Waals surface area (Å²) in [4.78, 5) is 56.7. The quantitative estimate of drug-likeness (QED) is 0.340. The molecule has 2 N–H and O–H groups in total. The van der Waals surface area contributed by atoms with Gasteiger partial charge in [-0.25, -0.2) is 9.36 Å². The summed E-state index contributed by atoms with van der Waals surface area (Å²) in [5, 5.41) is 10.6. The Bertz CT molecular complexity index is 1330. The summed E-state index contributed by atoms with van der Waals surface area (Å²) in [5.41, 5.74) is 2.45. The Morgan fingerprint density at radius 3 is 1.98 bits per heavy atom. The highest BCUT2D eigenvalue weighted by Crippen LogP contribution is 2.42. The number of hydrogen-bond donors (Lipinski definition) is 1. The van der Waals surface area contributed by atoms with Crippen LogP contribution in [0.2, 0.25) is 0 Å². The molecule has 5 rings (SSSR count). The molecule has 3 fully saturated rings. The molecule has 0 saturated heterocycles. The largest absolute Gasteiger partial charge is 0.457 e. The average Bonchev–Trinajstić information content (AvgIpc) is 3.33. The number of nitriles is 1. The van der Waals surface area contributed by atoms with Crippen molar-refractivity contribution in [1.82, 2.24) is 9.55 Å². The lowest BCUT2D eigenvalue weighted by atomic mass is 9.89. The number of aromatic nitrogens is 2. The third-order valence-electron chi connectivity index (χ3n) is 9.10. The molecule has 0 amide bonds. The second-order valence-corrected chi connectivity index (χ2v) is 12.1. The summed E-state index contributed by atoms with van der Waals surface area (Å²) < 4.78 is 24.5. The fourth-order valence-electron chi connectivity index (χ4n) is 6.61. The Morgan fingerprint density at radius 1 is 0.907 bits per heavy atom. The minimum absolute atomic E-state index is 0.0818. The van der Waals surface area contributed by atoms with E-state index in [9.17, 15) is 24.4 Å². The van der Waals surface area contributed by atoms with E-state index in [0.29, 0.717) is 38.5 Å². The molecule has 1 aliphatic heterocycles. The van der Waals surface area contributed by atoms with Gasteiger partial charge < -0.3 is 24.7 Å². The van der Waals surface area contributed by atoms with Gasteiger partial charge >= 0.3 is 29.3 Å². The standard InChI is InChI=1S/C31H40N4O8/c32-19-31(35-17-16-24(33)34-30(35)39)26(42-29(38)22-14-8-3-9-15-22)25(41-28(37)21-12-6-2-7-13-21)23(43-31)18-40-27(36)20-10-4-1-5-11-20/h16-17,20-22,26H,1-15,18H2,(H2,33,34,39)/t26?,31-/m1/s1. The van der Waals surface area contributed by atoms with Crippen LogP contribution in [0.15, 0.2) is 28.6 Å². The van der Waals surface area contributed by atoms with E-state index in [1.54, 1.807) is 0 Å². The zero-order chi connectivity index (χ0) is 30.4. The number of esters is 3. The van der Waals surface area contributed by atoms with Gasteiger partial charge in [0.1, 0.15) is 11.9 Å². The van der Waals surface area contributed by atoms with Crippen LogP contribution in [0.4, 0.5) is 5.82 Å². The van der Waals surface area contributed by atoms with E-state index in [0.717, 1.165) is 62.4 Å². The highest BCUT2D eigenvalue weighted by Gasteiger charge is 2.58. The van der Waals surface area contributed by atoms with Gasteiger partial charge in [-0.05, 0) is 44.6 Å². The van der Waals surface area contributed by atoms with E-state index >= 15 is 0 Å². The number of carbonyl (C=O) groups is 3. The molecule has 0 spiro atoms. The molecule has 2 atom stereocenters. The molecular weight excluding hydrogens is 556 g/mol. The number of anilines is 1. The van der Waals surface area contributed by atoms with E-state index in [1.165, 1.54) is 12.3 Å². The van der Waals surface area contributed by atoms with Gasteiger partial charge in [-0.2, -0.15) is 10.2 Å². The van der Waals surface area contributed by atoms with Crippen LogP contribution in [-0.4, -0.2) is 40.2 Å². The summed E-state index contributed by atoms with van der Waals surface area (Å²) in [6.07, 6.45) is 11.9. The number of carbonyl (C=O) groups excluding carboxylic acids is 3. The van der Waals surface area contributed by atoms with E-state index < -0.39 is 48.0 Å². The second kappa shape index (κ2) is 13.6. The maximum Gasteiger partial charge on any atom is 0.353 e. The van der Waals surface area contributed by atoms with Gasteiger partial charge in [0.2, 0.25) is 6.10 Å². The van der Waals surface area contributed by atoms with Crippen LogP contribution in [0.3, 0.4) is 0 Å². The fourth-order valence-corrected chi connectivity index (χ4v) is 6.61. The molecule has 43 heavy (non-hydrogen) atoms. The molecule has 12 heteroatoms. The summed E-state index contributed by atoms with van der Waals surface area (Å²) in [7, 11) is 0. The van der Waals surface area contributed by atoms with Crippen LogP contribution in [0.25, 0.3) is 0 Å². The number of nitrogens with zero attached hydrogens (tertiary/aromatic N) is 3. The van der Waals surface area contributed by atoms with Crippen molar-refractivity contribution < 1.29 is 33.3 Å². The fraction of sp³-hybridized carbons (Fsp3) is 0.677. The minimum atomic E-state index is -2.32. The molecule has 0 aromatic carbocycles. The normalized spacial score (nSPS) is 25.4. The monoisotopic (exact) mass is 596 g/mol. The van der Waals surface area contributed by atoms with Crippen LogP contribution in [-0.2, 0) is 39.1 Å². The van der Waals surface area contributed by atoms with Crippen LogP contribution in [0.1, 0.15) is 96.3 Å². The van der Waals surface area contributed by atoms with Gasteiger partial charge in [0.15, 0.2) is 18.1 Å². The molecule has 3 saturated carbocycles. The molecule has 1 aromatic heterocycles. The predicted molar refractivity (Wildman–Crippen MR) is 151 cm³/mol. The summed E-state index contributed by atoms with van der Waals surface area (Å²) in [6, 6.07) is 3.29.